The van der Waals surface area contributed by atoms with Gasteiger partial charge in [-0.15, -0.1) is 0 Å². The van der Waals surface area contributed by atoms with Gasteiger partial charge in [0.15, 0.2) is 0 Å². The summed E-state index contributed by atoms with van der Waals surface area (Å²) in [6.45, 7) is 2.72. The van der Waals surface area contributed by atoms with Crippen LogP contribution in [0.2, 0.25) is 0 Å². The molecule has 2 aromatic carbocycles. The van der Waals surface area contributed by atoms with Crippen LogP contribution in [-0.2, 0) is 6.42 Å². The Bertz CT molecular complexity index is 608. The van der Waals surface area contributed by atoms with E-state index in [0.717, 1.165) is 12.8 Å². The molecule has 1 N–H and O–H groups in total. The zero-order valence-corrected chi connectivity index (χ0v) is 12.6. The third-order valence-corrected chi connectivity index (χ3v) is 3.47. The number of para-hydroxylation sites is 1. The molecule has 0 unspecified atom stereocenters. The van der Waals surface area contributed by atoms with Crippen LogP contribution in [0, 0.1) is 6.92 Å². The summed E-state index contributed by atoms with van der Waals surface area (Å²) in [5.74, 6) is 0.520. The topological polar surface area (TPSA) is 38.3 Å². The molecular weight excluding hydrogens is 262 g/mol. The van der Waals surface area contributed by atoms with Crippen molar-refractivity contribution < 1.29 is 9.53 Å². The van der Waals surface area contributed by atoms with Gasteiger partial charge in [-0.2, -0.15) is 0 Å². The third-order valence-electron chi connectivity index (χ3n) is 3.47. The first kappa shape index (κ1) is 15.1. The summed E-state index contributed by atoms with van der Waals surface area (Å²) in [5.41, 5.74) is 3.24. The second kappa shape index (κ2) is 7.48. The lowest BCUT2D eigenvalue weighted by Crippen LogP contribution is -2.19. The highest BCUT2D eigenvalue weighted by Crippen LogP contribution is 2.18. The summed E-state index contributed by atoms with van der Waals surface area (Å²) in [7, 11) is 1.62. The molecule has 0 bridgehead atoms. The van der Waals surface area contributed by atoms with Crippen LogP contribution in [0.3, 0.4) is 0 Å². The van der Waals surface area contributed by atoms with E-state index in [1.807, 2.05) is 18.2 Å². The Morgan fingerprint density at radius 3 is 2.57 bits per heavy atom. The largest absolute Gasteiger partial charge is 0.493 e. The van der Waals surface area contributed by atoms with Gasteiger partial charge in [-0.05, 0) is 43.0 Å². The van der Waals surface area contributed by atoms with Gasteiger partial charge in [0.25, 0.3) is 5.91 Å². The zero-order chi connectivity index (χ0) is 15.1. The molecule has 3 nitrogen and oxygen atoms in total. The van der Waals surface area contributed by atoms with Crippen molar-refractivity contribution in [3.63, 3.8) is 0 Å². The molecule has 0 heterocycles. The van der Waals surface area contributed by atoms with Gasteiger partial charge in [-0.3, -0.25) is 4.79 Å². The lowest BCUT2D eigenvalue weighted by atomic mass is 10.0. The quantitative estimate of drug-likeness (QED) is 0.825. The number of rotatable bonds is 6. The van der Waals surface area contributed by atoms with E-state index < -0.39 is 0 Å². The minimum Gasteiger partial charge on any atom is -0.493 e. The summed E-state index contributed by atoms with van der Waals surface area (Å²) < 4.78 is 5.76. The van der Waals surface area contributed by atoms with Gasteiger partial charge in [0.2, 0.25) is 0 Å². The van der Waals surface area contributed by atoms with Crippen molar-refractivity contribution in [3.8, 4) is 5.75 Å². The highest BCUT2D eigenvalue weighted by atomic mass is 16.5. The Labute approximate surface area is 126 Å². The van der Waals surface area contributed by atoms with Crippen molar-refractivity contribution in [1.82, 2.24) is 5.32 Å². The number of nitrogens with one attached hydrogen (secondary N) is 1. The maximum absolute atomic E-state index is 11.7. The highest BCUT2D eigenvalue weighted by molar-refractivity contribution is 5.96. The van der Waals surface area contributed by atoms with E-state index in [0.29, 0.717) is 17.9 Å². The summed E-state index contributed by atoms with van der Waals surface area (Å²) >= 11 is 0. The second-order valence-corrected chi connectivity index (χ2v) is 4.95. The van der Waals surface area contributed by atoms with E-state index in [-0.39, 0.29) is 5.91 Å². The number of benzene rings is 2. The molecule has 0 radical (unpaired) electrons. The molecule has 0 saturated carbocycles. The first-order valence-corrected chi connectivity index (χ1v) is 7.21. The Hall–Kier alpha value is -2.29. The van der Waals surface area contributed by atoms with Crippen molar-refractivity contribution in [1.29, 1.82) is 0 Å². The van der Waals surface area contributed by atoms with Crippen LogP contribution < -0.4 is 10.1 Å². The molecule has 0 aliphatic carbocycles. The predicted molar refractivity (Wildman–Crippen MR) is 84.8 cm³/mol. The smallest absolute Gasteiger partial charge is 0.254 e. The number of hydrogen-bond acceptors (Lipinski definition) is 2. The molecule has 0 fully saturated rings. The van der Waals surface area contributed by atoms with E-state index in [1.54, 1.807) is 13.1 Å². The Morgan fingerprint density at radius 2 is 1.81 bits per heavy atom. The molecule has 1 amide bonds. The molecule has 2 rings (SSSR count). The number of hydrogen-bond donors (Lipinski definition) is 1. The first-order valence-electron chi connectivity index (χ1n) is 7.21. The molecule has 0 atom stereocenters. The SMILES string of the molecule is CNC(=O)c1ccccc1OCCCc1ccccc1C. The van der Waals surface area contributed by atoms with Crippen molar-refractivity contribution in [2.24, 2.45) is 0 Å². The van der Waals surface area contributed by atoms with Gasteiger partial charge in [-0.25, -0.2) is 0 Å². The van der Waals surface area contributed by atoms with Gasteiger partial charge in [0, 0.05) is 7.05 Å². The lowest BCUT2D eigenvalue weighted by molar-refractivity contribution is 0.0959. The second-order valence-electron chi connectivity index (χ2n) is 4.95. The van der Waals surface area contributed by atoms with Crippen molar-refractivity contribution in [3.05, 3.63) is 65.2 Å². The van der Waals surface area contributed by atoms with Crippen LogP contribution in [0.1, 0.15) is 27.9 Å². The van der Waals surface area contributed by atoms with Crippen LogP contribution in [0.15, 0.2) is 48.5 Å². The number of ether oxygens (including phenoxy) is 1. The zero-order valence-electron chi connectivity index (χ0n) is 12.6. The average molecular weight is 283 g/mol. The average Bonchev–Trinajstić information content (AvgIpc) is 2.52. The van der Waals surface area contributed by atoms with Gasteiger partial charge >= 0.3 is 0 Å². The van der Waals surface area contributed by atoms with Crippen LogP contribution in [0.4, 0.5) is 0 Å². The minimum absolute atomic E-state index is 0.121. The number of carbonyl (C=O) groups excluding carboxylic acids is 1. The Balaban J connectivity index is 1.90. The summed E-state index contributed by atoms with van der Waals surface area (Å²) in [6, 6.07) is 15.7. The van der Waals surface area contributed by atoms with Gasteiger partial charge in [-0.1, -0.05) is 36.4 Å². The molecule has 0 aliphatic rings. The first-order chi connectivity index (χ1) is 10.2. The van der Waals surface area contributed by atoms with E-state index in [4.69, 9.17) is 4.74 Å². The van der Waals surface area contributed by atoms with Crippen LogP contribution in [0.5, 0.6) is 5.75 Å². The minimum atomic E-state index is -0.121. The molecule has 2 aromatic rings. The highest BCUT2D eigenvalue weighted by Gasteiger charge is 2.09. The Morgan fingerprint density at radius 1 is 1.10 bits per heavy atom. The molecule has 0 aliphatic heterocycles. The fourth-order valence-corrected chi connectivity index (χ4v) is 2.25. The van der Waals surface area contributed by atoms with Crippen molar-refractivity contribution in [2.45, 2.75) is 19.8 Å². The fraction of sp³-hybridized carbons (Fsp3) is 0.278. The van der Waals surface area contributed by atoms with Gasteiger partial charge < -0.3 is 10.1 Å². The van der Waals surface area contributed by atoms with Gasteiger partial charge in [0.1, 0.15) is 5.75 Å². The summed E-state index contributed by atoms with van der Waals surface area (Å²) in [4.78, 5) is 11.7. The molecule has 21 heavy (non-hydrogen) atoms. The fourth-order valence-electron chi connectivity index (χ4n) is 2.25. The standard InChI is InChI=1S/C18H21NO2/c1-14-8-3-4-9-15(14)10-7-13-21-17-12-6-5-11-16(17)18(20)19-2/h3-6,8-9,11-12H,7,10,13H2,1-2H3,(H,19,20). The van der Waals surface area contributed by atoms with Crippen molar-refractivity contribution in [2.75, 3.05) is 13.7 Å². The molecule has 110 valence electrons. The number of carbonyl (C=O) groups is 1. The molecule has 0 saturated heterocycles. The number of aryl methyl sites for hydroxylation is 2. The lowest BCUT2D eigenvalue weighted by Gasteiger charge is -2.11. The van der Waals surface area contributed by atoms with E-state index >= 15 is 0 Å². The number of amides is 1. The Kier molecular flexibility index (Phi) is 5.38. The maximum Gasteiger partial charge on any atom is 0.254 e. The normalized spacial score (nSPS) is 10.2. The van der Waals surface area contributed by atoms with Crippen LogP contribution in [0.25, 0.3) is 0 Å². The molecule has 3 heteroatoms. The summed E-state index contributed by atoms with van der Waals surface area (Å²) in [6.07, 6.45) is 1.90. The van der Waals surface area contributed by atoms with Crippen molar-refractivity contribution >= 4 is 5.91 Å². The van der Waals surface area contributed by atoms with E-state index in [1.165, 1.54) is 11.1 Å². The summed E-state index contributed by atoms with van der Waals surface area (Å²) in [5, 5.41) is 2.63. The monoisotopic (exact) mass is 283 g/mol. The molecule has 0 aromatic heterocycles. The van der Waals surface area contributed by atoms with Crippen LogP contribution >= 0.6 is 0 Å². The molecular formula is C18H21NO2. The molecule has 0 spiro atoms. The van der Waals surface area contributed by atoms with Crippen LogP contribution in [-0.4, -0.2) is 19.6 Å². The maximum atomic E-state index is 11.7. The van der Waals surface area contributed by atoms with E-state index in [9.17, 15) is 4.79 Å². The van der Waals surface area contributed by atoms with Gasteiger partial charge in [0.05, 0.1) is 12.2 Å². The van der Waals surface area contributed by atoms with E-state index in [2.05, 4.69) is 36.5 Å². The third kappa shape index (κ3) is 4.09. The predicted octanol–water partition coefficient (Wildman–Crippen LogP) is 3.37.